The van der Waals surface area contributed by atoms with E-state index in [1.165, 1.54) is 0 Å². The number of rotatable bonds is 1. The molecule has 58 valence electrons. The van der Waals surface area contributed by atoms with Crippen molar-refractivity contribution in [1.29, 1.82) is 0 Å². The molecule has 0 bridgehead atoms. The fourth-order valence-corrected chi connectivity index (χ4v) is 1.37. The molecule has 0 radical (unpaired) electrons. The highest BCUT2D eigenvalue weighted by Gasteiger charge is 2.50. The Bertz CT molecular complexity index is 259. The van der Waals surface area contributed by atoms with Crippen LogP contribution in [0.5, 0.6) is 0 Å². The fourth-order valence-electron chi connectivity index (χ4n) is 1.37. The van der Waals surface area contributed by atoms with E-state index in [9.17, 15) is 0 Å². The van der Waals surface area contributed by atoms with Gasteiger partial charge in [-0.25, -0.2) is 9.97 Å². The minimum atomic E-state index is -0.150. The largest absolute Gasteiger partial charge is 0.320 e. The lowest BCUT2D eigenvalue weighted by atomic mass is 10.1. The third kappa shape index (κ3) is 0.922. The van der Waals surface area contributed by atoms with Gasteiger partial charge in [-0.3, -0.25) is 0 Å². The Morgan fingerprint density at radius 3 is 2.91 bits per heavy atom. The smallest absolute Gasteiger partial charge is 0.115 e. The van der Waals surface area contributed by atoms with E-state index in [1.54, 1.807) is 12.5 Å². The second-order valence-corrected chi connectivity index (χ2v) is 3.24. The summed E-state index contributed by atoms with van der Waals surface area (Å²) in [6.07, 6.45) is 4.33. The summed E-state index contributed by atoms with van der Waals surface area (Å²) in [4.78, 5) is 7.97. The number of nitrogens with zero attached hydrogens (tertiary/aromatic N) is 2. The molecule has 3 nitrogen and oxygen atoms in total. The molecule has 2 unspecified atom stereocenters. The molecule has 1 heterocycles. The van der Waals surface area contributed by atoms with Gasteiger partial charge in [0.05, 0.1) is 11.2 Å². The Kier molecular flexibility index (Phi) is 1.23. The van der Waals surface area contributed by atoms with Gasteiger partial charge in [-0.15, -0.1) is 0 Å². The van der Waals surface area contributed by atoms with E-state index in [4.69, 9.17) is 5.73 Å². The Morgan fingerprint density at radius 2 is 2.45 bits per heavy atom. The molecule has 0 saturated heterocycles. The lowest BCUT2D eigenvalue weighted by Gasteiger charge is -2.07. The van der Waals surface area contributed by atoms with Gasteiger partial charge in [0.2, 0.25) is 0 Å². The fraction of sp³-hybridized carbons (Fsp3) is 0.500. The van der Waals surface area contributed by atoms with Crippen molar-refractivity contribution in [2.75, 3.05) is 0 Å². The van der Waals surface area contributed by atoms with E-state index in [-0.39, 0.29) is 5.54 Å². The monoisotopic (exact) mass is 149 g/mol. The SMILES string of the molecule is CC1CC1(N)c1ccncn1. The van der Waals surface area contributed by atoms with Gasteiger partial charge in [0, 0.05) is 6.20 Å². The summed E-state index contributed by atoms with van der Waals surface area (Å²) in [5, 5.41) is 0. The quantitative estimate of drug-likeness (QED) is 0.638. The third-order valence-corrected chi connectivity index (χ3v) is 2.42. The van der Waals surface area contributed by atoms with Gasteiger partial charge >= 0.3 is 0 Å². The zero-order valence-electron chi connectivity index (χ0n) is 6.49. The van der Waals surface area contributed by atoms with Gasteiger partial charge in [0.15, 0.2) is 0 Å². The molecule has 0 aromatic carbocycles. The van der Waals surface area contributed by atoms with Crippen molar-refractivity contribution in [2.24, 2.45) is 11.7 Å². The minimum Gasteiger partial charge on any atom is -0.320 e. The van der Waals surface area contributed by atoms with Crippen LogP contribution in [0.2, 0.25) is 0 Å². The predicted octanol–water partition coefficient (Wildman–Crippen LogP) is 0.670. The highest BCUT2D eigenvalue weighted by atomic mass is 14.9. The number of hydrogen-bond donors (Lipinski definition) is 1. The van der Waals surface area contributed by atoms with Crippen LogP contribution in [-0.2, 0) is 5.54 Å². The molecule has 11 heavy (non-hydrogen) atoms. The molecule has 1 fully saturated rings. The predicted molar refractivity (Wildman–Crippen MR) is 41.7 cm³/mol. The molecule has 2 N–H and O–H groups in total. The first kappa shape index (κ1) is 6.73. The maximum Gasteiger partial charge on any atom is 0.115 e. The van der Waals surface area contributed by atoms with E-state index in [2.05, 4.69) is 16.9 Å². The molecule has 0 spiro atoms. The molecular formula is C8H11N3. The summed E-state index contributed by atoms with van der Waals surface area (Å²) < 4.78 is 0. The topological polar surface area (TPSA) is 51.8 Å². The Morgan fingerprint density at radius 1 is 1.73 bits per heavy atom. The number of aromatic nitrogens is 2. The molecule has 1 saturated carbocycles. The maximum atomic E-state index is 6.02. The molecule has 3 heteroatoms. The third-order valence-electron chi connectivity index (χ3n) is 2.42. The van der Waals surface area contributed by atoms with Gasteiger partial charge in [-0.1, -0.05) is 6.92 Å². The van der Waals surface area contributed by atoms with Crippen LogP contribution < -0.4 is 5.73 Å². The summed E-state index contributed by atoms with van der Waals surface area (Å²) in [6.45, 7) is 2.14. The number of nitrogens with two attached hydrogens (primary N) is 1. The van der Waals surface area contributed by atoms with Crippen LogP contribution >= 0.6 is 0 Å². The van der Waals surface area contributed by atoms with E-state index in [0.29, 0.717) is 5.92 Å². The number of hydrogen-bond acceptors (Lipinski definition) is 3. The molecule has 2 rings (SSSR count). The zero-order valence-corrected chi connectivity index (χ0v) is 6.49. The van der Waals surface area contributed by atoms with E-state index < -0.39 is 0 Å². The molecule has 0 amide bonds. The van der Waals surface area contributed by atoms with Crippen LogP contribution in [0.25, 0.3) is 0 Å². The van der Waals surface area contributed by atoms with Gasteiger partial charge in [0.1, 0.15) is 6.33 Å². The van der Waals surface area contributed by atoms with Gasteiger partial charge in [-0.05, 0) is 18.4 Å². The first-order chi connectivity index (χ1) is 5.23. The Labute approximate surface area is 65.7 Å². The van der Waals surface area contributed by atoms with Crippen molar-refractivity contribution < 1.29 is 0 Å². The van der Waals surface area contributed by atoms with Crippen LogP contribution in [0, 0.1) is 5.92 Å². The Hall–Kier alpha value is -0.960. The first-order valence-corrected chi connectivity index (χ1v) is 3.79. The standard InChI is InChI=1S/C8H11N3/c1-6-4-8(6,9)7-2-3-10-5-11-7/h2-3,5-6H,4,9H2,1H3. The average molecular weight is 149 g/mol. The van der Waals surface area contributed by atoms with Crippen LogP contribution in [0.4, 0.5) is 0 Å². The molecule has 1 aromatic heterocycles. The van der Waals surface area contributed by atoms with Crippen LogP contribution in [0.15, 0.2) is 18.6 Å². The average Bonchev–Trinajstić information content (AvgIpc) is 2.64. The summed E-state index contributed by atoms with van der Waals surface area (Å²) in [7, 11) is 0. The van der Waals surface area contributed by atoms with Gasteiger partial charge < -0.3 is 5.73 Å². The van der Waals surface area contributed by atoms with Crippen molar-refractivity contribution >= 4 is 0 Å². The lowest BCUT2D eigenvalue weighted by molar-refractivity contribution is 0.638. The summed E-state index contributed by atoms with van der Waals surface area (Å²) in [5.74, 6) is 0.567. The van der Waals surface area contributed by atoms with E-state index in [1.807, 2.05) is 6.07 Å². The highest BCUT2D eigenvalue weighted by Crippen LogP contribution is 2.47. The van der Waals surface area contributed by atoms with Crippen LogP contribution in [0.1, 0.15) is 19.0 Å². The first-order valence-electron chi connectivity index (χ1n) is 3.79. The molecule has 1 aliphatic carbocycles. The minimum absolute atomic E-state index is 0.150. The van der Waals surface area contributed by atoms with E-state index in [0.717, 1.165) is 12.1 Å². The van der Waals surface area contributed by atoms with Gasteiger partial charge in [-0.2, -0.15) is 0 Å². The van der Waals surface area contributed by atoms with Crippen molar-refractivity contribution in [1.82, 2.24) is 9.97 Å². The van der Waals surface area contributed by atoms with Crippen molar-refractivity contribution in [3.05, 3.63) is 24.3 Å². The normalized spacial score (nSPS) is 35.3. The summed E-state index contributed by atoms with van der Waals surface area (Å²) in [5.41, 5.74) is 6.84. The Balaban J connectivity index is 2.32. The van der Waals surface area contributed by atoms with Gasteiger partial charge in [0.25, 0.3) is 0 Å². The second kappa shape index (κ2) is 2.01. The molecule has 2 atom stereocenters. The molecule has 0 aliphatic heterocycles. The zero-order chi connectivity index (χ0) is 7.90. The molecular weight excluding hydrogens is 138 g/mol. The second-order valence-electron chi connectivity index (χ2n) is 3.24. The van der Waals surface area contributed by atoms with Crippen molar-refractivity contribution in [3.8, 4) is 0 Å². The molecule has 1 aromatic rings. The van der Waals surface area contributed by atoms with Crippen molar-refractivity contribution in [3.63, 3.8) is 0 Å². The van der Waals surface area contributed by atoms with Crippen molar-refractivity contribution in [2.45, 2.75) is 18.9 Å². The summed E-state index contributed by atoms with van der Waals surface area (Å²) in [6, 6.07) is 1.89. The summed E-state index contributed by atoms with van der Waals surface area (Å²) >= 11 is 0. The highest BCUT2D eigenvalue weighted by molar-refractivity contribution is 5.22. The maximum absolute atomic E-state index is 6.02. The van der Waals surface area contributed by atoms with Crippen LogP contribution in [0.3, 0.4) is 0 Å². The van der Waals surface area contributed by atoms with E-state index >= 15 is 0 Å². The van der Waals surface area contributed by atoms with Crippen LogP contribution in [-0.4, -0.2) is 9.97 Å². The lowest BCUT2D eigenvalue weighted by Crippen LogP contribution is -2.22. The molecule has 1 aliphatic rings.